The van der Waals surface area contributed by atoms with Crippen LogP contribution in [0.5, 0.6) is 5.75 Å². The van der Waals surface area contributed by atoms with Crippen molar-refractivity contribution in [2.45, 2.75) is 13.8 Å². The van der Waals surface area contributed by atoms with Crippen molar-refractivity contribution in [2.75, 3.05) is 11.5 Å². The predicted molar refractivity (Wildman–Crippen MR) is 96.8 cm³/mol. The third-order valence-electron chi connectivity index (χ3n) is 3.61. The predicted octanol–water partition coefficient (Wildman–Crippen LogP) is 2.39. The lowest BCUT2D eigenvalue weighted by Crippen LogP contribution is -2.30. The second kappa shape index (κ2) is 6.45. The van der Waals surface area contributed by atoms with E-state index in [4.69, 9.17) is 17.0 Å². The number of amides is 1. The number of ether oxygens (including phenoxy) is 1. The van der Waals surface area contributed by atoms with Gasteiger partial charge in [-0.2, -0.15) is 5.10 Å². The first kappa shape index (κ1) is 16.2. The molecule has 1 amide bonds. The molecule has 0 bridgehead atoms. The van der Waals surface area contributed by atoms with E-state index in [2.05, 4.69) is 10.4 Å². The van der Waals surface area contributed by atoms with Gasteiger partial charge in [-0.3, -0.25) is 9.48 Å². The first-order chi connectivity index (χ1) is 11.5. The number of aromatic nitrogens is 2. The molecule has 0 spiro atoms. The summed E-state index contributed by atoms with van der Waals surface area (Å²) in [7, 11) is 1.83. The van der Waals surface area contributed by atoms with Crippen LogP contribution in [0.15, 0.2) is 36.0 Å². The first-order valence-electron chi connectivity index (χ1n) is 7.61. The Morgan fingerprint density at radius 3 is 2.79 bits per heavy atom. The molecule has 0 saturated carbocycles. The third kappa shape index (κ3) is 2.90. The van der Waals surface area contributed by atoms with Gasteiger partial charge in [0.1, 0.15) is 11.4 Å². The highest BCUT2D eigenvalue weighted by Gasteiger charge is 2.33. The van der Waals surface area contributed by atoms with E-state index in [0.29, 0.717) is 28.9 Å². The van der Waals surface area contributed by atoms with E-state index in [0.717, 1.165) is 11.4 Å². The van der Waals surface area contributed by atoms with Crippen LogP contribution in [0, 0.1) is 6.92 Å². The van der Waals surface area contributed by atoms with Crippen LogP contribution in [0.1, 0.15) is 18.3 Å². The molecule has 1 N–H and O–H groups in total. The minimum atomic E-state index is -0.217. The number of carbonyl (C=O) groups is 1. The molecule has 1 aromatic heterocycles. The molecule has 1 aliphatic heterocycles. The number of para-hydroxylation sites is 2. The average Bonchev–Trinajstić information content (AvgIpc) is 3.00. The maximum absolute atomic E-state index is 12.8. The summed E-state index contributed by atoms with van der Waals surface area (Å²) >= 11 is 5.35. The molecule has 7 heteroatoms. The quantitative estimate of drug-likeness (QED) is 0.683. The van der Waals surface area contributed by atoms with Crippen molar-refractivity contribution in [1.29, 1.82) is 0 Å². The Morgan fingerprint density at radius 1 is 1.38 bits per heavy atom. The van der Waals surface area contributed by atoms with E-state index in [1.165, 1.54) is 4.90 Å². The zero-order chi connectivity index (χ0) is 17.3. The maximum Gasteiger partial charge on any atom is 0.281 e. The average molecular weight is 342 g/mol. The number of rotatable bonds is 4. The van der Waals surface area contributed by atoms with Crippen LogP contribution in [-0.4, -0.2) is 27.4 Å². The van der Waals surface area contributed by atoms with Crippen molar-refractivity contribution in [3.8, 4) is 5.75 Å². The van der Waals surface area contributed by atoms with Gasteiger partial charge in [0, 0.05) is 7.05 Å². The summed E-state index contributed by atoms with van der Waals surface area (Å²) in [5.41, 5.74) is 2.75. The van der Waals surface area contributed by atoms with Crippen LogP contribution >= 0.6 is 12.2 Å². The molecule has 2 aromatic rings. The summed E-state index contributed by atoms with van der Waals surface area (Å²) in [5.74, 6) is 0.404. The van der Waals surface area contributed by atoms with Crippen LogP contribution in [0.3, 0.4) is 0 Å². The van der Waals surface area contributed by atoms with E-state index < -0.39 is 0 Å². The molecule has 0 unspecified atom stereocenters. The van der Waals surface area contributed by atoms with Gasteiger partial charge in [-0.15, -0.1) is 0 Å². The van der Waals surface area contributed by atoms with Crippen molar-refractivity contribution in [2.24, 2.45) is 7.05 Å². The van der Waals surface area contributed by atoms with Crippen LogP contribution in [0.25, 0.3) is 6.08 Å². The second-order valence-corrected chi connectivity index (χ2v) is 5.75. The Hall–Kier alpha value is -2.67. The van der Waals surface area contributed by atoms with Crippen molar-refractivity contribution < 1.29 is 9.53 Å². The SMILES string of the molecule is CCOc1ccccc1N1C(=O)/C(=C\c2cc(C)nn2C)NC1=S. The lowest BCUT2D eigenvalue weighted by atomic mass is 10.2. The van der Waals surface area contributed by atoms with Gasteiger partial charge < -0.3 is 10.1 Å². The summed E-state index contributed by atoms with van der Waals surface area (Å²) in [6, 6.07) is 9.25. The summed E-state index contributed by atoms with van der Waals surface area (Å²) in [5, 5.41) is 7.59. The van der Waals surface area contributed by atoms with Crippen LogP contribution < -0.4 is 15.0 Å². The number of carbonyl (C=O) groups excluding carboxylic acids is 1. The van der Waals surface area contributed by atoms with Gasteiger partial charge in [-0.1, -0.05) is 12.1 Å². The number of thiocarbonyl (C=S) groups is 1. The number of aryl methyl sites for hydroxylation is 2. The molecule has 2 heterocycles. The molecule has 1 aliphatic rings. The maximum atomic E-state index is 12.8. The number of nitrogens with zero attached hydrogens (tertiary/aromatic N) is 3. The normalized spacial score (nSPS) is 16.0. The van der Waals surface area contributed by atoms with E-state index in [1.54, 1.807) is 10.8 Å². The Kier molecular flexibility index (Phi) is 4.35. The Bertz CT molecular complexity index is 841. The molecule has 124 valence electrons. The molecule has 6 nitrogen and oxygen atoms in total. The summed E-state index contributed by atoms with van der Waals surface area (Å²) in [4.78, 5) is 14.3. The lowest BCUT2D eigenvalue weighted by molar-refractivity contribution is -0.113. The zero-order valence-corrected chi connectivity index (χ0v) is 14.6. The highest BCUT2D eigenvalue weighted by Crippen LogP contribution is 2.31. The Morgan fingerprint density at radius 2 is 2.12 bits per heavy atom. The van der Waals surface area contributed by atoms with Crippen molar-refractivity contribution >= 4 is 35.0 Å². The van der Waals surface area contributed by atoms with E-state index in [-0.39, 0.29) is 5.91 Å². The molecule has 1 saturated heterocycles. The summed E-state index contributed by atoms with van der Waals surface area (Å²) in [6.07, 6.45) is 1.75. The van der Waals surface area contributed by atoms with Crippen LogP contribution in [0.2, 0.25) is 0 Å². The van der Waals surface area contributed by atoms with Gasteiger partial charge in [0.05, 0.1) is 23.7 Å². The Labute approximate surface area is 145 Å². The number of hydrogen-bond acceptors (Lipinski definition) is 4. The molecule has 0 aliphatic carbocycles. The third-order valence-corrected chi connectivity index (χ3v) is 3.90. The molecule has 24 heavy (non-hydrogen) atoms. The standard InChI is InChI=1S/C17H18N4O2S/c1-4-23-15-8-6-5-7-14(15)21-16(22)13(18-17(21)24)10-12-9-11(2)19-20(12)3/h5-10H,4H2,1-3H3,(H,18,24)/b13-10+. The van der Waals surface area contributed by atoms with Crippen LogP contribution in [-0.2, 0) is 11.8 Å². The molecule has 1 aromatic carbocycles. The van der Waals surface area contributed by atoms with Gasteiger partial charge in [0.25, 0.3) is 5.91 Å². The Balaban J connectivity index is 1.97. The van der Waals surface area contributed by atoms with E-state index >= 15 is 0 Å². The monoisotopic (exact) mass is 342 g/mol. The van der Waals surface area contributed by atoms with Crippen molar-refractivity contribution in [1.82, 2.24) is 15.1 Å². The van der Waals surface area contributed by atoms with Gasteiger partial charge in [-0.25, -0.2) is 4.90 Å². The fourth-order valence-electron chi connectivity index (χ4n) is 2.59. The summed E-state index contributed by atoms with van der Waals surface area (Å²) in [6.45, 7) is 4.31. The van der Waals surface area contributed by atoms with E-state index in [1.807, 2.05) is 51.2 Å². The van der Waals surface area contributed by atoms with Gasteiger partial charge >= 0.3 is 0 Å². The lowest BCUT2D eigenvalue weighted by Gasteiger charge is -2.17. The highest BCUT2D eigenvalue weighted by molar-refractivity contribution is 7.80. The smallest absolute Gasteiger partial charge is 0.281 e. The zero-order valence-electron chi connectivity index (χ0n) is 13.7. The molecule has 1 fully saturated rings. The fourth-order valence-corrected chi connectivity index (χ4v) is 2.88. The van der Waals surface area contributed by atoms with Gasteiger partial charge in [0.15, 0.2) is 5.11 Å². The summed E-state index contributed by atoms with van der Waals surface area (Å²) < 4.78 is 7.33. The largest absolute Gasteiger partial charge is 0.492 e. The number of nitrogens with one attached hydrogen (secondary N) is 1. The van der Waals surface area contributed by atoms with Crippen LogP contribution in [0.4, 0.5) is 5.69 Å². The molecule has 0 atom stereocenters. The number of benzene rings is 1. The van der Waals surface area contributed by atoms with Crippen molar-refractivity contribution in [3.63, 3.8) is 0 Å². The van der Waals surface area contributed by atoms with E-state index in [9.17, 15) is 4.79 Å². The van der Waals surface area contributed by atoms with Gasteiger partial charge in [-0.05, 0) is 50.3 Å². The fraction of sp³-hybridized carbons (Fsp3) is 0.235. The minimum Gasteiger partial charge on any atom is -0.492 e. The molecule has 3 rings (SSSR count). The van der Waals surface area contributed by atoms with Gasteiger partial charge in [0.2, 0.25) is 0 Å². The number of hydrogen-bond donors (Lipinski definition) is 1. The first-order valence-corrected chi connectivity index (χ1v) is 8.01. The molecule has 0 radical (unpaired) electrons. The minimum absolute atomic E-state index is 0.217. The molecular weight excluding hydrogens is 324 g/mol. The number of anilines is 1. The highest BCUT2D eigenvalue weighted by atomic mass is 32.1. The molecular formula is C17H18N4O2S. The topological polar surface area (TPSA) is 59.4 Å². The van der Waals surface area contributed by atoms with Crippen molar-refractivity contribution in [3.05, 3.63) is 47.4 Å². The second-order valence-electron chi connectivity index (χ2n) is 5.36.